The van der Waals surface area contributed by atoms with Crippen molar-refractivity contribution in [1.29, 1.82) is 0 Å². The van der Waals surface area contributed by atoms with Gasteiger partial charge in [-0.2, -0.15) is 0 Å². The van der Waals surface area contributed by atoms with E-state index in [1.807, 2.05) is 6.92 Å². The Hall–Kier alpha value is -1.30. The predicted octanol–water partition coefficient (Wildman–Crippen LogP) is 1.49. The standard InChI is InChI=1S/C15H29N3O3/c1-10(16)12-6-8-18(9-7-12)13(19)11(2)17-14(20)21-15(3,4)5/h10-12H,6-9,16H2,1-5H3,(H,17,20)/t10?,11-/m0/s1. The first kappa shape index (κ1) is 17.8. The first-order chi connectivity index (χ1) is 9.60. The molecule has 1 aliphatic heterocycles. The first-order valence-corrected chi connectivity index (χ1v) is 7.64. The topological polar surface area (TPSA) is 84.7 Å². The number of nitrogens with two attached hydrogens (primary N) is 1. The highest BCUT2D eigenvalue weighted by Crippen LogP contribution is 2.20. The van der Waals surface area contributed by atoms with Gasteiger partial charge in [0.05, 0.1) is 0 Å². The zero-order valence-electron chi connectivity index (χ0n) is 13.8. The number of piperidine rings is 1. The van der Waals surface area contributed by atoms with E-state index >= 15 is 0 Å². The number of alkyl carbamates (subject to hydrolysis) is 1. The van der Waals surface area contributed by atoms with E-state index in [0.717, 1.165) is 12.8 Å². The number of ether oxygens (including phenoxy) is 1. The molecule has 1 aliphatic rings. The van der Waals surface area contributed by atoms with Crippen molar-refractivity contribution in [1.82, 2.24) is 10.2 Å². The number of carbonyl (C=O) groups excluding carboxylic acids is 2. The molecule has 2 amide bonds. The Bertz CT molecular complexity index is 369. The molecule has 21 heavy (non-hydrogen) atoms. The van der Waals surface area contributed by atoms with Crippen LogP contribution >= 0.6 is 0 Å². The number of nitrogens with one attached hydrogen (secondary N) is 1. The zero-order chi connectivity index (χ0) is 16.2. The van der Waals surface area contributed by atoms with Crippen LogP contribution in [0.25, 0.3) is 0 Å². The van der Waals surface area contributed by atoms with Gasteiger partial charge >= 0.3 is 6.09 Å². The molecular weight excluding hydrogens is 270 g/mol. The lowest BCUT2D eigenvalue weighted by Crippen LogP contribution is -2.51. The molecule has 1 rings (SSSR count). The Morgan fingerprint density at radius 3 is 2.19 bits per heavy atom. The van der Waals surface area contributed by atoms with Crippen molar-refractivity contribution in [3.8, 4) is 0 Å². The molecule has 0 saturated carbocycles. The zero-order valence-corrected chi connectivity index (χ0v) is 13.8. The average molecular weight is 299 g/mol. The number of carbonyl (C=O) groups is 2. The summed E-state index contributed by atoms with van der Waals surface area (Å²) in [6.45, 7) is 10.5. The molecule has 1 fully saturated rings. The van der Waals surface area contributed by atoms with Crippen molar-refractivity contribution in [2.75, 3.05) is 13.1 Å². The Balaban J connectivity index is 2.43. The summed E-state index contributed by atoms with van der Waals surface area (Å²) in [5.74, 6) is 0.409. The van der Waals surface area contributed by atoms with Gasteiger partial charge in [-0.05, 0) is 53.4 Å². The molecule has 3 N–H and O–H groups in total. The molecular formula is C15H29N3O3. The van der Waals surface area contributed by atoms with Gasteiger partial charge in [0, 0.05) is 19.1 Å². The average Bonchev–Trinajstić information content (AvgIpc) is 2.35. The molecule has 2 atom stereocenters. The summed E-state index contributed by atoms with van der Waals surface area (Å²) >= 11 is 0. The van der Waals surface area contributed by atoms with Crippen molar-refractivity contribution in [2.45, 2.75) is 65.1 Å². The van der Waals surface area contributed by atoms with Gasteiger partial charge in [-0.15, -0.1) is 0 Å². The van der Waals surface area contributed by atoms with Gasteiger partial charge in [0.25, 0.3) is 0 Å². The Morgan fingerprint density at radius 1 is 1.24 bits per heavy atom. The lowest BCUT2D eigenvalue weighted by molar-refractivity contribution is -0.134. The number of likely N-dealkylation sites (tertiary alicyclic amines) is 1. The molecule has 0 radical (unpaired) electrons. The number of amides is 2. The van der Waals surface area contributed by atoms with Crippen molar-refractivity contribution < 1.29 is 14.3 Å². The quantitative estimate of drug-likeness (QED) is 0.827. The van der Waals surface area contributed by atoms with E-state index in [0.29, 0.717) is 19.0 Å². The Kier molecular flexibility index (Phi) is 6.01. The van der Waals surface area contributed by atoms with E-state index in [9.17, 15) is 9.59 Å². The van der Waals surface area contributed by atoms with Crippen molar-refractivity contribution in [3.05, 3.63) is 0 Å². The third-order valence-corrected chi connectivity index (χ3v) is 3.70. The van der Waals surface area contributed by atoms with Crippen LogP contribution in [0.15, 0.2) is 0 Å². The summed E-state index contributed by atoms with van der Waals surface area (Å²) in [4.78, 5) is 25.8. The van der Waals surface area contributed by atoms with Gasteiger partial charge in [0.1, 0.15) is 11.6 Å². The summed E-state index contributed by atoms with van der Waals surface area (Å²) < 4.78 is 5.16. The summed E-state index contributed by atoms with van der Waals surface area (Å²) in [6, 6.07) is -0.411. The molecule has 1 saturated heterocycles. The predicted molar refractivity (Wildman–Crippen MR) is 81.8 cm³/mol. The second-order valence-corrected chi connectivity index (χ2v) is 6.89. The highest BCUT2D eigenvalue weighted by atomic mass is 16.6. The monoisotopic (exact) mass is 299 g/mol. The van der Waals surface area contributed by atoms with Crippen LogP contribution in [0.5, 0.6) is 0 Å². The van der Waals surface area contributed by atoms with Crippen LogP contribution in [0.2, 0.25) is 0 Å². The Morgan fingerprint density at radius 2 is 1.76 bits per heavy atom. The van der Waals surface area contributed by atoms with Gasteiger partial charge in [0.15, 0.2) is 0 Å². The summed E-state index contributed by atoms with van der Waals surface area (Å²) in [5.41, 5.74) is 5.33. The molecule has 0 aliphatic carbocycles. The number of nitrogens with zero attached hydrogens (tertiary/aromatic N) is 1. The maximum absolute atomic E-state index is 12.3. The van der Waals surface area contributed by atoms with Crippen LogP contribution in [0.1, 0.15) is 47.5 Å². The molecule has 6 nitrogen and oxygen atoms in total. The van der Waals surface area contributed by atoms with Crippen molar-refractivity contribution in [3.63, 3.8) is 0 Å². The molecule has 0 spiro atoms. The fourth-order valence-electron chi connectivity index (χ4n) is 2.47. The van der Waals surface area contributed by atoms with Crippen LogP contribution in [0.3, 0.4) is 0 Å². The maximum atomic E-state index is 12.3. The highest BCUT2D eigenvalue weighted by Gasteiger charge is 2.28. The van der Waals surface area contributed by atoms with E-state index in [4.69, 9.17) is 10.5 Å². The van der Waals surface area contributed by atoms with Crippen LogP contribution in [0, 0.1) is 5.92 Å². The van der Waals surface area contributed by atoms with Crippen LogP contribution in [-0.2, 0) is 9.53 Å². The number of hydrogen-bond acceptors (Lipinski definition) is 4. The van der Waals surface area contributed by atoms with E-state index in [1.54, 1.807) is 32.6 Å². The molecule has 0 aromatic heterocycles. The molecule has 122 valence electrons. The lowest BCUT2D eigenvalue weighted by Gasteiger charge is -2.35. The molecule has 1 unspecified atom stereocenters. The minimum atomic E-state index is -0.577. The van der Waals surface area contributed by atoms with Crippen LogP contribution < -0.4 is 11.1 Å². The SMILES string of the molecule is CC(N)C1CCN(C(=O)[C@H](C)NC(=O)OC(C)(C)C)CC1. The van der Waals surface area contributed by atoms with Gasteiger partial charge in [-0.1, -0.05) is 0 Å². The van der Waals surface area contributed by atoms with E-state index < -0.39 is 17.7 Å². The lowest BCUT2D eigenvalue weighted by atomic mass is 9.91. The van der Waals surface area contributed by atoms with E-state index in [2.05, 4.69) is 5.32 Å². The number of hydrogen-bond donors (Lipinski definition) is 2. The molecule has 0 bridgehead atoms. The van der Waals surface area contributed by atoms with Crippen molar-refractivity contribution in [2.24, 2.45) is 11.7 Å². The fraction of sp³-hybridized carbons (Fsp3) is 0.867. The second kappa shape index (κ2) is 7.11. The molecule has 0 aromatic rings. The van der Waals surface area contributed by atoms with Gasteiger partial charge in [0.2, 0.25) is 5.91 Å². The third-order valence-electron chi connectivity index (χ3n) is 3.70. The van der Waals surface area contributed by atoms with Gasteiger partial charge < -0.3 is 20.7 Å². The summed E-state index contributed by atoms with van der Waals surface area (Å²) in [7, 11) is 0. The molecule has 1 heterocycles. The third kappa shape index (κ3) is 5.91. The minimum absolute atomic E-state index is 0.0658. The second-order valence-electron chi connectivity index (χ2n) is 6.89. The van der Waals surface area contributed by atoms with Crippen LogP contribution in [0.4, 0.5) is 4.79 Å². The number of rotatable bonds is 3. The summed E-state index contributed by atoms with van der Waals surface area (Å²) in [6.07, 6.45) is 1.28. The molecule has 6 heteroatoms. The summed E-state index contributed by atoms with van der Waals surface area (Å²) in [5, 5.41) is 2.59. The fourth-order valence-corrected chi connectivity index (χ4v) is 2.47. The van der Waals surface area contributed by atoms with Crippen LogP contribution in [-0.4, -0.2) is 47.7 Å². The molecule has 0 aromatic carbocycles. The smallest absolute Gasteiger partial charge is 0.408 e. The Labute approximate surface area is 127 Å². The largest absolute Gasteiger partial charge is 0.444 e. The normalized spacial score (nSPS) is 19.8. The highest BCUT2D eigenvalue weighted by molar-refractivity contribution is 5.85. The first-order valence-electron chi connectivity index (χ1n) is 7.64. The maximum Gasteiger partial charge on any atom is 0.408 e. The van der Waals surface area contributed by atoms with E-state index in [1.165, 1.54) is 0 Å². The van der Waals surface area contributed by atoms with Gasteiger partial charge in [-0.25, -0.2) is 4.79 Å². The van der Waals surface area contributed by atoms with E-state index in [-0.39, 0.29) is 11.9 Å². The van der Waals surface area contributed by atoms with Gasteiger partial charge in [-0.3, -0.25) is 4.79 Å². The van der Waals surface area contributed by atoms with Crippen molar-refractivity contribution >= 4 is 12.0 Å². The minimum Gasteiger partial charge on any atom is -0.444 e.